The third-order valence-electron chi connectivity index (χ3n) is 3.01. The molecule has 0 aromatic heterocycles. The number of aldehydes is 1. The lowest BCUT2D eigenvalue weighted by Crippen LogP contribution is -2.49. The van der Waals surface area contributed by atoms with Gasteiger partial charge in [-0.1, -0.05) is 27.7 Å². The van der Waals surface area contributed by atoms with E-state index in [1.807, 2.05) is 0 Å². The second kappa shape index (κ2) is 7.00. The molecule has 0 amide bonds. The molecule has 0 spiro atoms. The lowest BCUT2D eigenvalue weighted by Gasteiger charge is -2.36. The van der Waals surface area contributed by atoms with Crippen LogP contribution in [0.25, 0.3) is 0 Å². The highest BCUT2D eigenvalue weighted by atomic mass is 16.6. The van der Waals surface area contributed by atoms with Gasteiger partial charge >= 0.3 is 0 Å². The van der Waals surface area contributed by atoms with Crippen LogP contribution in [-0.2, 0) is 19.1 Å². The largest absolute Gasteiger partial charge is 0.372 e. The first kappa shape index (κ1) is 15.3. The molecular formula is C14H24O4. The summed E-state index contributed by atoms with van der Waals surface area (Å²) in [7, 11) is 0. The molecule has 0 aromatic carbocycles. The Labute approximate surface area is 109 Å². The molecular weight excluding hydrogens is 232 g/mol. The van der Waals surface area contributed by atoms with Crippen molar-refractivity contribution in [1.29, 1.82) is 0 Å². The second-order valence-electron chi connectivity index (χ2n) is 5.83. The molecule has 0 bridgehead atoms. The summed E-state index contributed by atoms with van der Waals surface area (Å²) in [5, 5.41) is 0. The molecule has 0 aromatic rings. The van der Waals surface area contributed by atoms with Crippen molar-refractivity contribution in [2.75, 3.05) is 6.61 Å². The Kier molecular flexibility index (Phi) is 5.96. The third-order valence-corrected chi connectivity index (χ3v) is 3.01. The Morgan fingerprint density at radius 3 is 2.33 bits per heavy atom. The minimum absolute atomic E-state index is 0.0812. The first-order chi connectivity index (χ1) is 8.43. The SMILES string of the molecule is CC(C)CC1COC(CC(C)C)C(C(=O)C=O)O1. The van der Waals surface area contributed by atoms with Crippen molar-refractivity contribution in [1.82, 2.24) is 0 Å². The zero-order valence-electron chi connectivity index (χ0n) is 11.7. The number of rotatable bonds is 6. The molecule has 0 radical (unpaired) electrons. The standard InChI is InChI=1S/C14H24O4/c1-9(2)5-11-8-17-13(6-10(3)4)14(18-11)12(16)7-15/h7,9-11,13-14H,5-6,8H2,1-4H3. The van der Waals surface area contributed by atoms with Gasteiger partial charge in [0.25, 0.3) is 0 Å². The van der Waals surface area contributed by atoms with Gasteiger partial charge in [-0.2, -0.15) is 0 Å². The monoisotopic (exact) mass is 256 g/mol. The molecule has 0 N–H and O–H groups in total. The summed E-state index contributed by atoms with van der Waals surface area (Å²) < 4.78 is 11.5. The summed E-state index contributed by atoms with van der Waals surface area (Å²) in [6, 6.07) is 0. The van der Waals surface area contributed by atoms with Crippen LogP contribution in [0.15, 0.2) is 0 Å². The molecule has 0 saturated carbocycles. The summed E-state index contributed by atoms with van der Waals surface area (Å²) in [6.45, 7) is 8.83. The number of carbonyl (C=O) groups is 2. The minimum atomic E-state index is -0.720. The number of Topliss-reactive ketones (excluding diaryl/α,β-unsaturated/α-hetero) is 1. The Bertz CT molecular complexity index is 286. The second-order valence-corrected chi connectivity index (χ2v) is 5.83. The lowest BCUT2D eigenvalue weighted by atomic mass is 9.97. The first-order valence-corrected chi connectivity index (χ1v) is 6.70. The summed E-state index contributed by atoms with van der Waals surface area (Å²) in [4.78, 5) is 22.3. The molecule has 18 heavy (non-hydrogen) atoms. The minimum Gasteiger partial charge on any atom is -0.372 e. The Balaban J connectivity index is 2.66. The Morgan fingerprint density at radius 1 is 1.22 bits per heavy atom. The van der Waals surface area contributed by atoms with Crippen molar-refractivity contribution in [3.8, 4) is 0 Å². The fourth-order valence-corrected chi connectivity index (χ4v) is 2.28. The Morgan fingerprint density at radius 2 is 1.83 bits per heavy atom. The maximum absolute atomic E-state index is 11.6. The van der Waals surface area contributed by atoms with E-state index in [2.05, 4.69) is 27.7 Å². The quantitative estimate of drug-likeness (QED) is 0.539. The molecule has 1 aliphatic rings. The van der Waals surface area contributed by atoms with Gasteiger partial charge in [-0.05, 0) is 24.7 Å². The van der Waals surface area contributed by atoms with E-state index in [1.165, 1.54) is 0 Å². The average Bonchev–Trinajstić information content (AvgIpc) is 2.28. The van der Waals surface area contributed by atoms with Crippen LogP contribution in [-0.4, -0.2) is 37.0 Å². The topological polar surface area (TPSA) is 52.6 Å². The van der Waals surface area contributed by atoms with Gasteiger partial charge in [-0.15, -0.1) is 0 Å². The van der Waals surface area contributed by atoms with Crippen molar-refractivity contribution in [3.63, 3.8) is 0 Å². The highest BCUT2D eigenvalue weighted by Gasteiger charge is 2.37. The molecule has 4 nitrogen and oxygen atoms in total. The maximum atomic E-state index is 11.6. The van der Waals surface area contributed by atoms with Gasteiger partial charge < -0.3 is 9.47 Å². The van der Waals surface area contributed by atoms with Gasteiger partial charge in [-0.25, -0.2) is 0 Å². The van der Waals surface area contributed by atoms with E-state index >= 15 is 0 Å². The van der Waals surface area contributed by atoms with E-state index < -0.39 is 11.9 Å². The van der Waals surface area contributed by atoms with E-state index in [4.69, 9.17) is 9.47 Å². The number of ether oxygens (including phenoxy) is 2. The summed E-state index contributed by atoms with van der Waals surface area (Å²) >= 11 is 0. The van der Waals surface area contributed by atoms with Gasteiger partial charge in [0.1, 0.15) is 6.10 Å². The van der Waals surface area contributed by atoms with Crippen LogP contribution in [0.1, 0.15) is 40.5 Å². The Hall–Kier alpha value is -0.740. The van der Waals surface area contributed by atoms with Crippen LogP contribution in [0.3, 0.4) is 0 Å². The first-order valence-electron chi connectivity index (χ1n) is 6.70. The van der Waals surface area contributed by atoms with E-state index in [9.17, 15) is 9.59 Å². The summed E-state index contributed by atoms with van der Waals surface area (Å²) in [6.07, 6.45) is 0.838. The normalized spacial score (nSPS) is 28.7. The van der Waals surface area contributed by atoms with Crippen molar-refractivity contribution in [2.45, 2.75) is 58.8 Å². The van der Waals surface area contributed by atoms with E-state index in [0.29, 0.717) is 24.7 Å². The molecule has 4 heteroatoms. The third kappa shape index (κ3) is 4.50. The number of carbonyl (C=O) groups excluding carboxylic acids is 2. The molecule has 104 valence electrons. The van der Waals surface area contributed by atoms with Crippen molar-refractivity contribution in [3.05, 3.63) is 0 Å². The van der Waals surface area contributed by atoms with Crippen molar-refractivity contribution < 1.29 is 19.1 Å². The van der Waals surface area contributed by atoms with Crippen LogP contribution in [0.5, 0.6) is 0 Å². The van der Waals surface area contributed by atoms with Crippen molar-refractivity contribution in [2.24, 2.45) is 11.8 Å². The molecule has 3 unspecified atom stereocenters. The number of hydrogen-bond acceptors (Lipinski definition) is 4. The number of ketones is 1. The summed E-state index contributed by atoms with van der Waals surface area (Å²) in [5.41, 5.74) is 0. The van der Waals surface area contributed by atoms with Crippen LogP contribution >= 0.6 is 0 Å². The van der Waals surface area contributed by atoms with E-state index in [0.717, 1.165) is 12.8 Å². The van der Waals surface area contributed by atoms with Gasteiger partial charge in [0.2, 0.25) is 5.78 Å². The summed E-state index contributed by atoms with van der Waals surface area (Å²) in [5.74, 6) is 0.378. The lowest BCUT2D eigenvalue weighted by molar-refractivity contribution is -0.191. The van der Waals surface area contributed by atoms with Crippen LogP contribution < -0.4 is 0 Å². The predicted molar refractivity (Wildman–Crippen MR) is 68.4 cm³/mol. The zero-order valence-corrected chi connectivity index (χ0v) is 11.7. The number of hydrogen-bond donors (Lipinski definition) is 0. The van der Waals surface area contributed by atoms with Crippen LogP contribution in [0.4, 0.5) is 0 Å². The zero-order chi connectivity index (χ0) is 13.7. The predicted octanol–water partition coefficient (Wildman–Crippen LogP) is 2.00. The van der Waals surface area contributed by atoms with Crippen molar-refractivity contribution >= 4 is 12.1 Å². The molecule has 1 heterocycles. The maximum Gasteiger partial charge on any atom is 0.226 e. The van der Waals surface area contributed by atoms with E-state index in [-0.39, 0.29) is 12.2 Å². The molecule has 0 aliphatic carbocycles. The van der Waals surface area contributed by atoms with Gasteiger partial charge in [0.05, 0.1) is 18.8 Å². The molecule has 1 fully saturated rings. The smallest absolute Gasteiger partial charge is 0.226 e. The molecule has 1 saturated heterocycles. The fraction of sp³-hybridized carbons (Fsp3) is 0.857. The van der Waals surface area contributed by atoms with Crippen LogP contribution in [0.2, 0.25) is 0 Å². The average molecular weight is 256 g/mol. The highest BCUT2D eigenvalue weighted by Crippen LogP contribution is 2.24. The molecule has 1 aliphatic heterocycles. The highest BCUT2D eigenvalue weighted by molar-refractivity contribution is 6.27. The van der Waals surface area contributed by atoms with Gasteiger partial charge in [0.15, 0.2) is 6.29 Å². The molecule has 3 atom stereocenters. The van der Waals surface area contributed by atoms with Crippen LogP contribution in [0, 0.1) is 11.8 Å². The molecule has 1 rings (SSSR count). The van der Waals surface area contributed by atoms with Gasteiger partial charge in [0, 0.05) is 0 Å². The van der Waals surface area contributed by atoms with Gasteiger partial charge in [-0.3, -0.25) is 9.59 Å². The van der Waals surface area contributed by atoms with E-state index in [1.54, 1.807) is 0 Å². The fourth-order valence-electron chi connectivity index (χ4n) is 2.28.